The number of azo groups is 2. The third kappa shape index (κ3) is 20.2. The third-order valence-electron chi connectivity index (χ3n) is 13.4. The van der Waals surface area contributed by atoms with Gasteiger partial charge in [0, 0.05) is 71.6 Å². The molecule has 0 atom stereocenters. The fourth-order valence-corrected chi connectivity index (χ4v) is 12.5. The van der Waals surface area contributed by atoms with E-state index in [-0.39, 0.29) is 84.7 Å². The molecule has 37 heteroatoms. The van der Waals surface area contributed by atoms with Gasteiger partial charge in [-0.2, -0.15) is 33.7 Å². The molecule has 510 valence electrons. The van der Waals surface area contributed by atoms with Crippen molar-refractivity contribution in [1.29, 1.82) is 5.26 Å². The van der Waals surface area contributed by atoms with Crippen LogP contribution in [-0.2, 0) is 44.7 Å². The first-order valence-electron chi connectivity index (χ1n) is 28.7. The van der Waals surface area contributed by atoms with E-state index in [4.69, 9.17) is 39.4 Å². The summed E-state index contributed by atoms with van der Waals surface area (Å²) in [7, 11) is -5.47. The largest absolute Gasteiger partial charge is 0.494 e. The number of aliphatic hydroxyl groups excluding tert-OH is 1. The van der Waals surface area contributed by atoms with Gasteiger partial charge in [0.25, 0.3) is 21.9 Å². The van der Waals surface area contributed by atoms with Crippen LogP contribution in [0, 0.1) is 17.9 Å². The summed E-state index contributed by atoms with van der Waals surface area (Å²) in [5, 5.41) is 52.2. The molecule has 98 heavy (non-hydrogen) atoms. The van der Waals surface area contributed by atoms with Gasteiger partial charge >= 0.3 is 10.6 Å². The zero-order chi connectivity index (χ0) is 72.0. The lowest BCUT2D eigenvalue weighted by atomic mass is 10.1. The smallest absolute Gasteiger partial charge is 0.425 e. The predicted molar refractivity (Wildman–Crippen MR) is 370 cm³/mol. The van der Waals surface area contributed by atoms with E-state index in [0.717, 1.165) is 36.1 Å². The second-order valence-corrected chi connectivity index (χ2v) is 24.5. The number of rotatable bonds is 31. The number of primary amides is 1. The van der Waals surface area contributed by atoms with Crippen molar-refractivity contribution in [3.05, 3.63) is 122 Å². The topological polar surface area (TPSA) is 456 Å². The van der Waals surface area contributed by atoms with Crippen molar-refractivity contribution in [1.82, 2.24) is 15.0 Å². The number of Topliss-reactive ketones (excluding diaryl/α,β-unsaturated/α-hetero) is 2. The van der Waals surface area contributed by atoms with Crippen LogP contribution in [0.3, 0.4) is 0 Å². The number of nitriles is 1. The average molecular weight is 1430 g/mol. The fourth-order valence-electron chi connectivity index (χ4n) is 8.92. The van der Waals surface area contributed by atoms with Crippen LogP contribution in [0.25, 0.3) is 17.0 Å². The molecule has 7 rings (SSSR count). The first kappa shape index (κ1) is 75.8. The predicted octanol–water partition coefficient (Wildman–Crippen LogP) is 10.7. The van der Waals surface area contributed by atoms with E-state index in [9.17, 15) is 52.1 Å². The number of thioether (sulfide) groups is 1. The van der Waals surface area contributed by atoms with Gasteiger partial charge in [0.2, 0.25) is 29.9 Å². The van der Waals surface area contributed by atoms with E-state index in [1.165, 1.54) is 69.7 Å². The maximum Gasteiger partial charge on any atom is 0.425 e. The number of benzene rings is 4. The molecule has 0 aliphatic heterocycles. The maximum atomic E-state index is 13.6. The molecule has 0 saturated heterocycles. The molecule has 3 aromatic heterocycles. The van der Waals surface area contributed by atoms with E-state index in [1.54, 1.807) is 42.5 Å². The molecular formula is C61H61N17O15S5. The molecule has 0 fully saturated rings. The molecule has 0 spiro atoms. The number of aromatic nitrogens is 3. The van der Waals surface area contributed by atoms with Gasteiger partial charge in [0.1, 0.15) is 44.4 Å². The van der Waals surface area contributed by atoms with Gasteiger partial charge in [-0.1, -0.05) is 23.9 Å². The Balaban J connectivity index is 0.00000368. The molecule has 0 unspecified atom stereocenters. The van der Waals surface area contributed by atoms with Crippen molar-refractivity contribution in [2.24, 2.45) is 26.2 Å². The number of thiophene rings is 2. The number of ether oxygens (including phenoxy) is 2. The van der Waals surface area contributed by atoms with Crippen molar-refractivity contribution in [3.63, 3.8) is 0 Å². The summed E-state index contributed by atoms with van der Waals surface area (Å²) in [5.74, 6) is -3.30. The van der Waals surface area contributed by atoms with Crippen LogP contribution in [0.4, 0.5) is 78.8 Å². The van der Waals surface area contributed by atoms with Crippen molar-refractivity contribution < 1.29 is 68.9 Å². The van der Waals surface area contributed by atoms with E-state index in [1.807, 2.05) is 37.5 Å². The lowest BCUT2D eigenvalue weighted by molar-refractivity contribution is -0.120. The molecule has 4 amide bonds. The number of methoxy groups -OCH3 is 2. The highest BCUT2D eigenvalue weighted by molar-refractivity contribution is 7.99. The van der Waals surface area contributed by atoms with Gasteiger partial charge in [-0.3, -0.25) is 33.3 Å². The molecule has 3 heterocycles. The Morgan fingerprint density at radius 2 is 1.24 bits per heavy atom. The molecule has 0 aliphatic carbocycles. The summed E-state index contributed by atoms with van der Waals surface area (Å²) in [6.45, 7) is 19.9. The van der Waals surface area contributed by atoms with Crippen molar-refractivity contribution >= 4 is 182 Å². The van der Waals surface area contributed by atoms with Crippen LogP contribution in [0.2, 0.25) is 0 Å². The van der Waals surface area contributed by atoms with Crippen LogP contribution in [0.15, 0.2) is 121 Å². The Morgan fingerprint density at radius 3 is 1.70 bits per heavy atom. The first-order chi connectivity index (χ1) is 46.8. The second-order valence-electron chi connectivity index (χ2n) is 19.6. The minimum atomic E-state index is -5.28. The normalized spacial score (nSPS) is 11.3. The number of aliphatic hydroxyl groups is 1. The fraction of sp³-hybridized carbons (Fsp3) is 0.230. The number of anilines is 9. The molecule has 4 aromatic carbocycles. The van der Waals surface area contributed by atoms with Crippen LogP contribution in [0.5, 0.6) is 11.5 Å². The van der Waals surface area contributed by atoms with Crippen LogP contribution >= 0.6 is 34.4 Å². The molecule has 9 N–H and O–H groups in total. The molecule has 7 aromatic rings. The quantitative estimate of drug-likeness (QED) is 0.00292. The lowest BCUT2D eigenvalue weighted by Crippen LogP contribution is -2.22. The Morgan fingerprint density at radius 1 is 0.745 bits per heavy atom. The zero-order valence-corrected chi connectivity index (χ0v) is 57.3. The Kier molecular flexibility index (Phi) is 27.5. The van der Waals surface area contributed by atoms with Crippen LogP contribution < -0.4 is 51.6 Å². The van der Waals surface area contributed by atoms with Crippen LogP contribution in [-0.4, -0.2) is 134 Å². The highest BCUT2D eigenvalue weighted by atomic mass is 32.2. The van der Waals surface area contributed by atoms with Gasteiger partial charge in [0.15, 0.2) is 21.7 Å². The number of carbonyl (C=O) groups is 6. The summed E-state index contributed by atoms with van der Waals surface area (Å²) >= 11 is 2.57. The summed E-state index contributed by atoms with van der Waals surface area (Å²) in [5.41, 5.74) is 6.56. The summed E-state index contributed by atoms with van der Waals surface area (Å²) in [4.78, 5) is 96.5. The van der Waals surface area contributed by atoms with E-state index in [2.05, 4.69) is 61.9 Å². The number of nitrogens with one attached hydrogen (secondary N) is 5. The monoisotopic (exact) mass is 1430 g/mol. The third-order valence-corrected chi connectivity index (χ3v) is 17.2. The Hall–Kier alpha value is -11.2. The molecule has 0 aliphatic rings. The second kappa shape index (κ2) is 35.5. The van der Waals surface area contributed by atoms with Gasteiger partial charge < -0.3 is 56.7 Å². The van der Waals surface area contributed by atoms with E-state index in [0.29, 0.717) is 83.1 Å². The van der Waals surface area contributed by atoms with Gasteiger partial charge in [0.05, 0.1) is 66.2 Å². The summed E-state index contributed by atoms with van der Waals surface area (Å²) in [6.07, 6.45) is 2.70. The number of nitrogens with two attached hydrogens (primary N) is 1. The van der Waals surface area contributed by atoms with Crippen molar-refractivity contribution in [3.8, 4) is 17.6 Å². The number of amides is 4. The van der Waals surface area contributed by atoms with Gasteiger partial charge in [-0.15, -0.1) is 50.6 Å². The number of ketones is 2. The van der Waals surface area contributed by atoms with E-state index >= 15 is 0 Å². The Bertz CT molecular complexity index is 4660. The molecule has 32 nitrogen and oxygen atoms in total. The average Bonchev–Trinajstić information content (AvgIpc) is 1.45. The van der Waals surface area contributed by atoms with Crippen molar-refractivity contribution in [2.75, 3.05) is 89.1 Å². The minimum Gasteiger partial charge on any atom is -0.494 e. The standard InChI is InChI=1S/C61H61N17O12S4.O3S/c1-10-77(11-2)48-27-43(45(29-50(48)89-8)73-75-57-42(31-62)53(94(86,87)88)52(93-57)26-41(34(6)82)56(85)66-37-18-14-16-35(22-37)54(63)83)68-59-70-60(72-61(71-59)91-21-20-79)69-44-28-49(78(12-3)13-4)51(90-9)30-46(44)74-76-58-47(64-7)25-39(92-58)24-40(33(5)81)55(84)67-38-19-15-17-36(23-38)65-32-80;1-4(2)3/h14-19,22-30,32,79H,10-13,20-21H2,1-6,8-9H3,(H2,63,83)(H,65,80)(H,66,85)(H,67,84)(H,86,87,88)(H2,68,69,70,71,72);/b40-24+,41-26-,75-73?,76-74?;. The number of hydrogen-bond acceptors (Lipinski definition) is 29. The number of nitrogens with zero attached hydrogens (tertiary/aromatic N) is 11. The van der Waals surface area contributed by atoms with Crippen LogP contribution in [0.1, 0.15) is 67.2 Å². The first-order valence-corrected chi connectivity index (χ1v) is 33.7. The highest BCUT2D eigenvalue weighted by Gasteiger charge is 2.30. The highest BCUT2D eigenvalue weighted by Crippen LogP contribution is 2.46. The number of hydrogen-bond donors (Lipinski definition) is 8. The zero-order valence-electron chi connectivity index (χ0n) is 53.2. The van der Waals surface area contributed by atoms with E-state index < -0.39 is 70.9 Å². The minimum absolute atomic E-state index is 0.000916. The Labute approximate surface area is 574 Å². The lowest BCUT2D eigenvalue weighted by Gasteiger charge is -2.25. The maximum absolute atomic E-state index is 13.6. The number of carbonyl (C=O) groups excluding carboxylic acids is 6. The summed E-state index contributed by atoms with van der Waals surface area (Å²) < 4.78 is 73.8. The SMILES string of the molecule is O=S(=O)=O.[C-]#[N+]c1cc(/C=C(\C(C)=O)C(=O)Nc2cccc(NC=O)c2)sc1N=Nc1cc(OC)c(N(CC)CC)cc1Nc1nc(Nc2cc(N(CC)CC)c(OC)cc2N=Nc2sc(/C=C(/C(C)=O)C(=O)Nc3cccc(C(N)=O)c3)c(S(=O)(=O)O)c2C#N)nc(SCCO)n1. The van der Waals surface area contributed by atoms with Gasteiger partial charge in [-0.25, -0.2) is 4.85 Å². The van der Waals surface area contributed by atoms with Gasteiger partial charge in [-0.05, 0) is 108 Å². The molecular weight excluding hydrogens is 1370 g/mol. The molecule has 0 bridgehead atoms. The summed E-state index contributed by atoms with van der Waals surface area (Å²) in [6, 6.07) is 21.5. The molecule has 0 saturated carbocycles. The van der Waals surface area contributed by atoms with Crippen molar-refractivity contribution in [2.45, 2.75) is 51.6 Å². The molecule has 0 radical (unpaired) electrons.